The Morgan fingerprint density at radius 1 is 1.13 bits per heavy atom. The zero-order chi connectivity index (χ0) is 16.9. The number of carbonyl (C=O) groups is 1. The van der Waals surface area contributed by atoms with Crippen LogP contribution in [-0.4, -0.2) is 28.0 Å². The monoisotopic (exact) mass is 398 g/mol. The van der Waals surface area contributed by atoms with E-state index >= 15 is 0 Å². The van der Waals surface area contributed by atoms with Gasteiger partial charge in [-0.15, -0.1) is 0 Å². The van der Waals surface area contributed by atoms with E-state index in [9.17, 15) is 13.2 Å². The molecule has 0 bridgehead atoms. The van der Waals surface area contributed by atoms with E-state index in [0.717, 1.165) is 0 Å². The molecule has 0 saturated heterocycles. The lowest BCUT2D eigenvalue weighted by atomic mass is 10.3. The first kappa shape index (κ1) is 17.5. The second-order valence-electron chi connectivity index (χ2n) is 4.53. The van der Waals surface area contributed by atoms with E-state index in [2.05, 4.69) is 26.0 Å². The van der Waals surface area contributed by atoms with Crippen molar-refractivity contribution in [2.45, 2.75) is 4.90 Å². The Labute approximate surface area is 143 Å². The molecule has 8 heteroatoms. The quantitative estimate of drug-likeness (QED) is 0.781. The fourth-order valence-electron chi connectivity index (χ4n) is 1.76. The van der Waals surface area contributed by atoms with Crippen LogP contribution in [-0.2, 0) is 14.8 Å². The summed E-state index contributed by atoms with van der Waals surface area (Å²) in [6.45, 7) is -0.365. The molecule has 0 unspecified atom stereocenters. The molecule has 0 aliphatic rings. The van der Waals surface area contributed by atoms with Crippen molar-refractivity contribution < 1.29 is 17.9 Å². The van der Waals surface area contributed by atoms with Gasteiger partial charge in [0, 0.05) is 4.47 Å². The fraction of sp³-hybridized carbons (Fsp3) is 0.133. The fourth-order valence-corrected chi connectivity index (χ4v) is 3.12. The summed E-state index contributed by atoms with van der Waals surface area (Å²) in [7, 11) is -2.27. The molecule has 0 heterocycles. The van der Waals surface area contributed by atoms with Crippen molar-refractivity contribution in [2.75, 3.05) is 19.0 Å². The molecule has 2 aromatic carbocycles. The van der Waals surface area contributed by atoms with Crippen molar-refractivity contribution in [1.29, 1.82) is 0 Å². The molecular formula is C15H15BrN2O4S. The van der Waals surface area contributed by atoms with E-state index in [4.69, 9.17) is 4.74 Å². The molecule has 6 nitrogen and oxygen atoms in total. The van der Waals surface area contributed by atoms with Gasteiger partial charge in [-0.3, -0.25) is 4.79 Å². The minimum atomic E-state index is -3.76. The number of rotatable bonds is 6. The first-order valence-electron chi connectivity index (χ1n) is 6.60. The van der Waals surface area contributed by atoms with Crippen molar-refractivity contribution in [1.82, 2.24) is 4.72 Å². The molecule has 0 aromatic heterocycles. The van der Waals surface area contributed by atoms with Crippen molar-refractivity contribution in [3.63, 3.8) is 0 Å². The van der Waals surface area contributed by atoms with Crippen molar-refractivity contribution in [3.8, 4) is 5.75 Å². The van der Waals surface area contributed by atoms with Crippen LogP contribution in [0.25, 0.3) is 0 Å². The number of halogens is 1. The summed E-state index contributed by atoms with van der Waals surface area (Å²) in [5.74, 6) is 0.0876. The van der Waals surface area contributed by atoms with Crippen molar-refractivity contribution in [3.05, 3.63) is 53.0 Å². The molecule has 0 aliphatic carbocycles. The number of carbonyl (C=O) groups excluding carboxylic acids is 1. The predicted molar refractivity (Wildman–Crippen MR) is 91.0 cm³/mol. The maximum absolute atomic E-state index is 12.1. The molecule has 2 aromatic rings. The molecule has 1 amide bonds. The highest BCUT2D eigenvalue weighted by Crippen LogP contribution is 2.21. The van der Waals surface area contributed by atoms with Gasteiger partial charge in [0.1, 0.15) is 5.75 Å². The molecule has 23 heavy (non-hydrogen) atoms. The number of hydrogen-bond donors (Lipinski definition) is 2. The lowest BCUT2D eigenvalue weighted by molar-refractivity contribution is -0.115. The zero-order valence-corrected chi connectivity index (χ0v) is 14.6. The van der Waals surface area contributed by atoms with E-state index in [1.165, 1.54) is 31.4 Å². The molecule has 2 rings (SSSR count). The zero-order valence-electron chi connectivity index (χ0n) is 12.2. The van der Waals surface area contributed by atoms with Crippen molar-refractivity contribution in [2.24, 2.45) is 0 Å². The standard InChI is InChI=1S/C15H15BrN2O4S/c1-22-11-6-8-12(9-7-11)23(20,21)17-10-15(19)18-14-5-3-2-4-13(14)16/h2-9,17H,10H2,1H3,(H,18,19). The van der Waals surface area contributed by atoms with E-state index in [1.54, 1.807) is 18.2 Å². The van der Waals surface area contributed by atoms with Gasteiger partial charge in [-0.1, -0.05) is 12.1 Å². The van der Waals surface area contributed by atoms with Gasteiger partial charge in [-0.2, -0.15) is 0 Å². The Kier molecular flexibility index (Phi) is 5.75. The second kappa shape index (κ2) is 7.58. The van der Waals surface area contributed by atoms with Crippen LogP contribution in [0.5, 0.6) is 5.75 Å². The topological polar surface area (TPSA) is 84.5 Å². The molecule has 0 radical (unpaired) electrons. The molecule has 2 N–H and O–H groups in total. The second-order valence-corrected chi connectivity index (χ2v) is 7.15. The summed E-state index contributed by atoms with van der Waals surface area (Å²) in [5.41, 5.74) is 0.571. The Balaban J connectivity index is 1.98. The molecule has 0 atom stereocenters. The summed E-state index contributed by atoms with van der Waals surface area (Å²) < 4.78 is 32.2. The minimum absolute atomic E-state index is 0.0620. The van der Waals surface area contributed by atoms with Gasteiger partial charge in [-0.25, -0.2) is 13.1 Å². The summed E-state index contributed by atoms with van der Waals surface area (Å²) in [5, 5.41) is 2.62. The largest absolute Gasteiger partial charge is 0.497 e. The SMILES string of the molecule is COc1ccc(S(=O)(=O)NCC(=O)Nc2ccccc2Br)cc1. The lowest BCUT2D eigenvalue weighted by Crippen LogP contribution is -2.32. The third-order valence-corrected chi connectivity index (χ3v) is 5.05. The summed E-state index contributed by atoms with van der Waals surface area (Å²) in [4.78, 5) is 11.9. The highest BCUT2D eigenvalue weighted by atomic mass is 79.9. The molecule has 0 spiro atoms. The van der Waals surface area contributed by atoms with Crippen LogP contribution in [0.2, 0.25) is 0 Å². The van der Waals surface area contributed by atoms with Gasteiger partial charge < -0.3 is 10.1 Å². The molecule has 0 fully saturated rings. The average Bonchev–Trinajstić information content (AvgIpc) is 2.55. The maximum Gasteiger partial charge on any atom is 0.241 e. The Morgan fingerprint density at radius 3 is 2.39 bits per heavy atom. The van der Waals surface area contributed by atoms with Crippen LogP contribution < -0.4 is 14.8 Å². The van der Waals surface area contributed by atoms with Crippen LogP contribution >= 0.6 is 15.9 Å². The van der Waals surface area contributed by atoms with E-state index in [1.807, 2.05) is 6.07 Å². The highest BCUT2D eigenvalue weighted by molar-refractivity contribution is 9.10. The third-order valence-electron chi connectivity index (χ3n) is 2.94. The van der Waals surface area contributed by atoms with Gasteiger partial charge in [0.25, 0.3) is 0 Å². The van der Waals surface area contributed by atoms with E-state index < -0.39 is 15.9 Å². The number of nitrogens with one attached hydrogen (secondary N) is 2. The minimum Gasteiger partial charge on any atom is -0.497 e. The number of benzene rings is 2. The van der Waals surface area contributed by atoms with Gasteiger partial charge in [0.05, 0.1) is 24.2 Å². The van der Waals surface area contributed by atoms with E-state index in [0.29, 0.717) is 15.9 Å². The smallest absolute Gasteiger partial charge is 0.241 e. The van der Waals surface area contributed by atoms with Crippen LogP contribution in [0.1, 0.15) is 0 Å². The molecule has 0 saturated carbocycles. The normalized spacial score (nSPS) is 11.0. The van der Waals surface area contributed by atoms with Crippen LogP contribution in [0.15, 0.2) is 57.9 Å². The van der Waals surface area contributed by atoms with E-state index in [-0.39, 0.29) is 11.4 Å². The number of amides is 1. The summed E-state index contributed by atoms with van der Waals surface area (Å²) in [6.07, 6.45) is 0. The summed E-state index contributed by atoms with van der Waals surface area (Å²) >= 11 is 3.30. The van der Waals surface area contributed by atoms with Crippen LogP contribution in [0, 0.1) is 0 Å². The Hall–Kier alpha value is -1.90. The average molecular weight is 399 g/mol. The number of hydrogen-bond acceptors (Lipinski definition) is 4. The van der Waals surface area contributed by atoms with Crippen LogP contribution in [0.3, 0.4) is 0 Å². The lowest BCUT2D eigenvalue weighted by Gasteiger charge is -2.09. The number of methoxy groups -OCH3 is 1. The first-order chi connectivity index (χ1) is 10.9. The Bertz CT molecular complexity index is 791. The predicted octanol–water partition coefficient (Wildman–Crippen LogP) is 2.37. The summed E-state index contributed by atoms with van der Waals surface area (Å²) in [6, 6.07) is 13.0. The third kappa shape index (κ3) is 4.78. The van der Waals surface area contributed by atoms with Crippen LogP contribution in [0.4, 0.5) is 5.69 Å². The molecule has 0 aliphatic heterocycles. The highest BCUT2D eigenvalue weighted by Gasteiger charge is 2.16. The molecular weight excluding hydrogens is 384 g/mol. The molecule has 122 valence electrons. The van der Waals surface area contributed by atoms with Gasteiger partial charge in [0.15, 0.2) is 0 Å². The first-order valence-corrected chi connectivity index (χ1v) is 8.88. The number of para-hydroxylation sites is 1. The van der Waals surface area contributed by atoms with Gasteiger partial charge >= 0.3 is 0 Å². The van der Waals surface area contributed by atoms with Crippen molar-refractivity contribution >= 4 is 37.5 Å². The maximum atomic E-state index is 12.1. The van der Waals surface area contributed by atoms with Gasteiger partial charge in [-0.05, 0) is 52.3 Å². The Morgan fingerprint density at radius 2 is 1.78 bits per heavy atom. The van der Waals surface area contributed by atoms with Gasteiger partial charge in [0.2, 0.25) is 15.9 Å². The number of sulfonamides is 1. The number of anilines is 1. The number of ether oxygens (including phenoxy) is 1.